The first-order valence-electron chi connectivity index (χ1n) is 6.50. The number of rotatable bonds is 3. The van der Waals surface area contributed by atoms with E-state index in [9.17, 15) is 0 Å². The molecule has 1 unspecified atom stereocenters. The van der Waals surface area contributed by atoms with E-state index in [1.165, 1.54) is 30.6 Å². The molecule has 1 aromatic rings. The molecular weight excluding hydrogens is 208 g/mol. The van der Waals surface area contributed by atoms with Crippen LogP contribution in [0.2, 0.25) is 0 Å². The molecular formula is C15H24N2. The Hall–Kier alpha value is -1.18. The summed E-state index contributed by atoms with van der Waals surface area (Å²) in [5.74, 6) is 0. The lowest BCUT2D eigenvalue weighted by atomic mass is 9.92. The summed E-state index contributed by atoms with van der Waals surface area (Å²) >= 11 is 0. The minimum Gasteiger partial charge on any atom is -0.382 e. The van der Waals surface area contributed by atoms with Gasteiger partial charge in [0.05, 0.1) is 0 Å². The van der Waals surface area contributed by atoms with E-state index in [-0.39, 0.29) is 0 Å². The van der Waals surface area contributed by atoms with E-state index in [1.807, 2.05) is 0 Å². The van der Waals surface area contributed by atoms with Crippen LogP contribution in [0.3, 0.4) is 0 Å². The zero-order chi connectivity index (χ0) is 12.5. The molecule has 0 radical (unpaired) electrons. The molecule has 1 aromatic carbocycles. The van der Waals surface area contributed by atoms with Crippen molar-refractivity contribution in [3.63, 3.8) is 0 Å². The maximum atomic E-state index is 3.67. The maximum Gasteiger partial charge on any atom is 0.0381 e. The van der Waals surface area contributed by atoms with Crippen LogP contribution in [0, 0.1) is 5.41 Å². The van der Waals surface area contributed by atoms with Gasteiger partial charge in [0.25, 0.3) is 0 Å². The van der Waals surface area contributed by atoms with E-state index in [0.717, 1.165) is 0 Å². The summed E-state index contributed by atoms with van der Waals surface area (Å²) in [7, 11) is 4.16. The monoisotopic (exact) mass is 232 g/mol. The lowest BCUT2D eigenvalue weighted by Crippen LogP contribution is -2.18. The summed E-state index contributed by atoms with van der Waals surface area (Å²) in [6.07, 6.45) is 3.90. The Bertz CT molecular complexity index is 382. The quantitative estimate of drug-likeness (QED) is 0.854. The highest BCUT2D eigenvalue weighted by Crippen LogP contribution is 2.38. The van der Waals surface area contributed by atoms with Crippen molar-refractivity contribution in [2.45, 2.75) is 39.2 Å². The van der Waals surface area contributed by atoms with Gasteiger partial charge >= 0.3 is 0 Å². The van der Waals surface area contributed by atoms with E-state index in [2.05, 4.69) is 62.4 Å². The second kappa shape index (κ2) is 4.59. The summed E-state index contributed by atoms with van der Waals surface area (Å²) in [4.78, 5) is 2.14. The van der Waals surface area contributed by atoms with Gasteiger partial charge in [-0.1, -0.05) is 19.9 Å². The highest BCUT2D eigenvalue weighted by molar-refractivity contribution is 5.57. The molecule has 0 aromatic heterocycles. The van der Waals surface area contributed by atoms with Crippen LogP contribution in [0.5, 0.6) is 0 Å². The third-order valence-electron chi connectivity index (χ3n) is 3.70. The van der Waals surface area contributed by atoms with E-state index in [0.29, 0.717) is 11.5 Å². The standard InChI is InChI=1S/C15H24N2/c1-15(2)9-8-13(11-15)16-12-6-5-7-14(10-12)17(3)4/h5-7,10,13,16H,8-9,11H2,1-4H3. The number of nitrogens with one attached hydrogen (secondary N) is 1. The van der Waals surface area contributed by atoms with Crippen molar-refractivity contribution in [2.24, 2.45) is 5.41 Å². The normalized spacial score (nSPS) is 22.5. The Morgan fingerprint density at radius 1 is 1.29 bits per heavy atom. The first kappa shape index (κ1) is 12.3. The van der Waals surface area contributed by atoms with Crippen molar-refractivity contribution in [2.75, 3.05) is 24.3 Å². The molecule has 2 nitrogen and oxygen atoms in total. The van der Waals surface area contributed by atoms with Gasteiger partial charge in [-0.05, 0) is 42.9 Å². The predicted octanol–water partition coefficient (Wildman–Crippen LogP) is 3.74. The molecule has 1 N–H and O–H groups in total. The van der Waals surface area contributed by atoms with Crippen molar-refractivity contribution in [3.8, 4) is 0 Å². The molecule has 1 saturated carbocycles. The van der Waals surface area contributed by atoms with Gasteiger partial charge in [-0.3, -0.25) is 0 Å². The Balaban J connectivity index is 2.02. The van der Waals surface area contributed by atoms with Gasteiger partial charge < -0.3 is 10.2 Å². The van der Waals surface area contributed by atoms with Crippen LogP contribution in [0.25, 0.3) is 0 Å². The average molecular weight is 232 g/mol. The van der Waals surface area contributed by atoms with Gasteiger partial charge in [-0.15, -0.1) is 0 Å². The fourth-order valence-electron chi connectivity index (χ4n) is 2.67. The molecule has 1 fully saturated rings. The summed E-state index contributed by atoms with van der Waals surface area (Å²) in [6.45, 7) is 4.73. The fourth-order valence-corrected chi connectivity index (χ4v) is 2.67. The molecule has 2 rings (SSSR count). The largest absolute Gasteiger partial charge is 0.382 e. The maximum absolute atomic E-state index is 3.67. The second-order valence-corrected chi connectivity index (χ2v) is 6.19. The van der Waals surface area contributed by atoms with Gasteiger partial charge in [0.1, 0.15) is 0 Å². The molecule has 17 heavy (non-hydrogen) atoms. The fraction of sp³-hybridized carbons (Fsp3) is 0.600. The Morgan fingerprint density at radius 3 is 2.65 bits per heavy atom. The van der Waals surface area contributed by atoms with Gasteiger partial charge in [0, 0.05) is 31.5 Å². The number of benzene rings is 1. The van der Waals surface area contributed by atoms with Crippen LogP contribution in [0.15, 0.2) is 24.3 Å². The zero-order valence-electron chi connectivity index (χ0n) is 11.5. The Labute approximate surface area is 105 Å². The van der Waals surface area contributed by atoms with Crippen molar-refractivity contribution in [3.05, 3.63) is 24.3 Å². The molecule has 1 aliphatic rings. The lowest BCUT2D eigenvalue weighted by molar-refractivity contribution is 0.378. The van der Waals surface area contributed by atoms with Crippen LogP contribution in [-0.4, -0.2) is 20.1 Å². The van der Waals surface area contributed by atoms with E-state index in [4.69, 9.17) is 0 Å². The minimum absolute atomic E-state index is 0.511. The molecule has 1 aliphatic carbocycles. The zero-order valence-corrected chi connectivity index (χ0v) is 11.5. The van der Waals surface area contributed by atoms with Gasteiger partial charge in [-0.25, -0.2) is 0 Å². The molecule has 0 spiro atoms. The molecule has 94 valence electrons. The summed E-state index contributed by atoms with van der Waals surface area (Å²) in [6, 6.07) is 9.30. The third-order valence-corrected chi connectivity index (χ3v) is 3.70. The number of hydrogen-bond acceptors (Lipinski definition) is 2. The number of anilines is 2. The molecule has 0 heterocycles. The number of hydrogen-bond donors (Lipinski definition) is 1. The van der Waals surface area contributed by atoms with Crippen molar-refractivity contribution in [1.82, 2.24) is 0 Å². The summed E-state index contributed by atoms with van der Waals surface area (Å²) in [5, 5.41) is 3.67. The smallest absolute Gasteiger partial charge is 0.0381 e. The summed E-state index contributed by atoms with van der Waals surface area (Å²) in [5.41, 5.74) is 3.02. The van der Waals surface area contributed by atoms with Crippen LogP contribution in [0.1, 0.15) is 33.1 Å². The predicted molar refractivity (Wildman–Crippen MR) is 75.8 cm³/mol. The average Bonchev–Trinajstić information content (AvgIpc) is 2.58. The van der Waals surface area contributed by atoms with Crippen LogP contribution in [0.4, 0.5) is 11.4 Å². The minimum atomic E-state index is 0.511. The number of nitrogens with zero attached hydrogens (tertiary/aromatic N) is 1. The highest BCUT2D eigenvalue weighted by atomic mass is 15.1. The molecule has 2 heteroatoms. The third kappa shape index (κ3) is 3.15. The molecule has 0 amide bonds. The second-order valence-electron chi connectivity index (χ2n) is 6.19. The van der Waals surface area contributed by atoms with Crippen molar-refractivity contribution in [1.29, 1.82) is 0 Å². The molecule has 0 aliphatic heterocycles. The highest BCUT2D eigenvalue weighted by Gasteiger charge is 2.30. The van der Waals surface area contributed by atoms with Gasteiger partial charge in [-0.2, -0.15) is 0 Å². The van der Waals surface area contributed by atoms with Crippen LogP contribution < -0.4 is 10.2 Å². The van der Waals surface area contributed by atoms with E-state index < -0.39 is 0 Å². The molecule has 0 bridgehead atoms. The Kier molecular flexibility index (Phi) is 3.32. The van der Waals surface area contributed by atoms with Crippen molar-refractivity contribution >= 4 is 11.4 Å². The first-order valence-corrected chi connectivity index (χ1v) is 6.50. The van der Waals surface area contributed by atoms with Gasteiger partial charge in [0.15, 0.2) is 0 Å². The van der Waals surface area contributed by atoms with E-state index >= 15 is 0 Å². The molecule has 0 saturated heterocycles. The van der Waals surface area contributed by atoms with Crippen molar-refractivity contribution < 1.29 is 0 Å². The molecule has 1 atom stereocenters. The SMILES string of the molecule is CN(C)c1cccc(NC2CCC(C)(C)C2)c1. The summed E-state index contributed by atoms with van der Waals surface area (Å²) < 4.78 is 0. The van der Waals surface area contributed by atoms with Gasteiger partial charge in [0.2, 0.25) is 0 Å². The Morgan fingerprint density at radius 2 is 2.06 bits per heavy atom. The van der Waals surface area contributed by atoms with E-state index in [1.54, 1.807) is 0 Å². The lowest BCUT2D eigenvalue weighted by Gasteiger charge is -2.20. The van der Waals surface area contributed by atoms with Crippen LogP contribution >= 0.6 is 0 Å². The first-order chi connectivity index (χ1) is 7.96. The topological polar surface area (TPSA) is 15.3 Å². The van der Waals surface area contributed by atoms with Crippen LogP contribution in [-0.2, 0) is 0 Å².